The fourth-order valence-corrected chi connectivity index (χ4v) is 11.0. The molecule has 5 fully saturated rings. The van der Waals surface area contributed by atoms with Crippen LogP contribution in [0.2, 0.25) is 0 Å². The zero-order valence-corrected chi connectivity index (χ0v) is 39.1. The van der Waals surface area contributed by atoms with E-state index in [1.807, 2.05) is 0 Å². The SMILES string of the molecule is CCC1O[C@H](O[C@@H]2C(C)[C@@H](OC3[C@@H](OC4[C@@H](OC5[C@@H](OC)OC(CC)[C@@H](C)[C@@H]5C)OC(CC)[C@@H](C)[C@@H]4C)OC(CC)[C@@H](C)[C@@H]3C)OC(CC)[C@H]2C)C(C)[C@@H](C)[C@@H]1C. The Labute approximate surface area is 348 Å². The lowest BCUT2D eigenvalue weighted by atomic mass is 9.78. The molecule has 10 unspecified atom stereocenters. The minimum absolute atomic E-state index is 0.0198. The fraction of sp³-hybridized carbons (Fsp3) is 1.00. The van der Waals surface area contributed by atoms with Crippen LogP contribution >= 0.6 is 0 Å². The van der Waals surface area contributed by atoms with Gasteiger partial charge in [0, 0.05) is 24.9 Å². The van der Waals surface area contributed by atoms with Gasteiger partial charge in [0.1, 0.15) is 18.3 Å². The van der Waals surface area contributed by atoms with Crippen LogP contribution in [0.4, 0.5) is 0 Å². The first-order valence-electron chi connectivity index (χ1n) is 23.5. The van der Waals surface area contributed by atoms with Gasteiger partial charge in [-0.1, -0.05) is 111 Å². The molecule has 0 bridgehead atoms. The molecule has 5 saturated heterocycles. The second kappa shape index (κ2) is 20.6. The van der Waals surface area contributed by atoms with Crippen LogP contribution < -0.4 is 0 Å². The highest BCUT2D eigenvalue weighted by molar-refractivity contribution is 4.94. The Morgan fingerprint density at radius 3 is 0.947 bits per heavy atom. The molecule has 5 heterocycles. The van der Waals surface area contributed by atoms with Crippen LogP contribution in [0, 0.1) is 65.1 Å². The minimum atomic E-state index is -0.653. The predicted octanol–water partition coefficient (Wildman–Crippen LogP) is 9.85. The molecule has 0 aliphatic carbocycles. The van der Waals surface area contributed by atoms with E-state index in [2.05, 4.69) is 111 Å². The van der Waals surface area contributed by atoms with Crippen molar-refractivity contribution < 1.29 is 47.4 Å². The third kappa shape index (κ3) is 9.81. The van der Waals surface area contributed by atoms with Crippen molar-refractivity contribution in [3.63, 3.8) is 0 Å². The van der Waals surface area contributed by atoms with Crippen LogP contribution in [0.5, 0.6) is 0 Å². The predicted molar refractivity (Wildman–Crippen MR) is 222 cm³/mol. The third-order valence-corrected chi connectivity index (χ3v) is 16.3. The molecule has 5 rings (SSSR count). The molecule has 0 aromatic rings. The van der Waals surface area contributed by atoms with Gasteiger partial charge >= 0.3 is 0 Å². The van der Waals surface area contributed by atoms with Crippen molar-refractivity contribution in [1.82, 2.24) is 0 Å². The average Bonchev–Trinajstić information content (AvgIpc) is 3.20. The van der Waals surface area contributed by atoms with Crippen molar-refractivity contribution in [3.05, 3.63) is 0 Å². The number of hydrogen-bond acceptors (Lipinski definition) is 10. The molecular formula is C47H86O10. The summed E-state index contributed by atoms with van der Waals surface area (Å²) in [7, 11) is 1.70. The third-order valence-electron chi connectivity index (χ3n) is 16.3. The smallest absolute Gasteiger partial charge is 0.185 e. The molecule has 0 saturated carbocycles. The molecule has 10 nitrogen and oxygen atoms in total. The van der Waals surface area contributed by atoms with E-state index in [1.165, 1.54) is 0 Å². The Morgan fingerprint density at radius 1 is 0.281 bits per heavy atom. The molecule has 57 heavy (non-hydrogen) atoms. The van der Waals surface area contributed by atoms with Gasteiger partial charge in [-0.3, -0.25) is 0 Å². The maximum Gasteiger partial charge on any atom is 0.185 e. The van der Waals surface area contributed by atoms with Gasteiger partial charge in [-0.05, 0) is 79.4 Å². The van der Waals surface area contributed by atoms with Crippen molar-refractivity contribution in [3.8, 4) is 0 Å². The maximum absolute atomic E-state index is 7.27. The highest BCUT2D eigenvalue weighted by Crippen LogP contribution is 2.45. The van der Waals surface area contributed by atoms with Gasteiger partial charge in [-0.15, -0.1) is 0 Å². The topological polar surface area (TPSA) is 92.3 Å². The van der Waals surface area contributed by atoms with Crippen LogP contribution in [0.1, 0.15) is 143 Å². The van der Waals surface area contributed by atoms with E-state index in [4.69, 9.17) is 47.4 Å². The van der Waals surface area contributed by atoms with Crippen LogP contribution in [0.25, 0.3) is 0 Å². The number of rotatable bonds is 14. The van der Waals surface area contributed by atoms with E-state index in [9.17, 15) is 0 Å². The molecule has 0 radical (unpaired) electrons. The Bertz CT molecular complexity index is 1200. The van der Waals surface area contributed by atoms with Gasteiger partial charge in [0.2, 0.25) is 0 Å². The normalized spacial score (nSPS) is 52.5. The summed E-state index contributed by atoms with van der Waals surface area (Å²) in [6, 6.07) is 0. The summed E-state index contributed by atoms with van der Waals surface area (Å²) in [6.07, 6.45) is 1.07. The van der Waals surface area contributed by atoms with Crippen molar-refractivity contribution >= 4 is 0 Å². The molecule has 5 aliphatic heterocycles. The van der Waals surface area contributed by atoms with E-state index < -0.39 is 37.4 Å². The van der Waals surface area contributed by atoms with E-state index >= 15 is 0 Å². The molecule has 0 spiro atoms. The first-order valence-corrected chi connectivity index (χ1v) is 23.5. The fourth-order valence-electron chi connectivity index (χ4n) is 11.0. The van der Waals surface area contributed by atoms with E-state index in [1.54, 1.807) is 7.11 Å². The molecule has 10 heteroatoms. The van der Waals surface area contributed by atoms with Crippen molar-refractivity contribution in [2.45, 2.75) is 229 Å². The quantitative estimate of drug-likeness (QED) is 0.169. The monoisotopic (exact) mass is 811 g/mol. The molecule has 334 valence electrons. The number of methoxy groups -OCH3 is 1. The first-order chi connectivity index (χ1) is 27.1. The second-order valence-electron chi connectivity index (χ2n) is 19.3. The van der Waals surface area contributed by atoms with Crippen molar-refractivity contribution in [2.75, 3.05) is 7.11 Å². The molecule has 0 amide bonds. The highest BCUT2D eigenvalue weighted by atomic mass is 16.8. The summed E-state index contributed by atoms with van der Waals surface area (Å²) in [5, 5.41) is 0. The van der Waals surface area contributed by atoms with Gasteiger partial charge in [-0.25, -0.2) is 0 Å². The lowest BCUT2D eigenvalue weighted by molar-refractivity contribution is -0.388. The minimum Gasteiger partial charge on any atom is -0.353 e. The highest BCUT2D eigenvalue weighted by Gasteiger charge is 2.53. The van der Waals surface area contributed by atoms with E-state index in [0.29, 0.717) is 17.8 Å². The summed E-state index contributed by atoms with van der Waals surface area (Å²) in [6.45, 7) is 36.0. The molecule has 0 aromatic carbocycles. The Kier molecular flexibility index (Phi) is 17.3. The summed E-state index contributed by atoms with van der Waals surface area (Å²) >= 11 is 0. The van der Waals surface area contributed by atoms with Gasteiger partial charge in [0.05, 0.1) is 36.6 Å². The first kappa shape index (κ1) is 47.6. The summed E-state index contributed by atoms with van der Waals surface area (Å²) < 4.78 is 68.4. The summed E-state index contributed by atoms with van der Waals surface area (Å²) in [5.41, 5.74) is 0. The van der Waals surface area contributed by atoms with Crippen LogP contribution in [-0.4, -0.2) is 93.5 Å². The van der Waals surface area contributed by atoms with Gasteiger partial charge in [0.25, 0.3) is 0 Å². The zero-order valence-electron chi connectivity index (χ0n) is 39.1. The average molecular weight is 811 g/mol. The molecule has 0 N–H and O–H groups in total. The van der Waals surface area contributed by atoms with Crippen LogP contribution in [0.15, 0.2) is 0 Å². The number of hydrogen-bond donors (Lipinski definition) is 0. The molecule has 25 atom stereocenters. The standard InChI is InChI=1S/C47H86O10/c1-18-34-24(7)23(6)31(14)43(49-34)54-39-32(15)38(22-5)50-44(33(39)16)55-41-29(12)26(9)36(20-3)52-46(41)57-42-30(13)27(10)37(21-4)53-47(42)56-40-28(11)25(8)35(19-2)51-45(40)48-17/h23-47H,18-22H2,1-17H3/t23-,24-,25-,26-,27-,28-,29-,30-,31?,32+,33?,34?,35?,36?,37?,38?,39-,40?,41?,42?,43+,44+,45-,46+,47+/m0/s1. The summed E-state index contributed by atoms with van der Waals surface area (Å²) in [5.74, 6) is 2.64. The van der Waals surface area contributed by atoms with E-state index in [-0.39, 0.29) is 96.4 Å². The Morgan fingerprint density at radius 2 is 0.561 bits per heavy atom. The second-order valence-corrected chi connectivity index (χ2v) is 19.3. The lowest BCUT2D eigenvalue weighted by Gasteiger charge is -2.52. The van der Waals surface area contributed by atoms with Crippen molar-refractivity contribution in [1.29, 1.82) is 0 Å². The molecule has 5 aliphatic rings. The Hall–Kier alpha value is -0.400. The largest absolute Gasteiger partial charge is 0.353 e. The summed E-state index contributed by atoms with van der Waals surface area (Å²) in [4.78, 5) is 0. The van der Waals surface area contributed by atoms with Gasteiger partial charge < -0.3 is 47.4 Å². The lowest BCUT2D eigenvalue weighted by Crippen LogP contribution is -2.61. The van der Waals surface area contributed by atoms with Gasteiger partial charge in [0.15, 0.2) is 31.5 Å². The molecule has 0 aromatic heterocycles. The Balaban J connectivity index is 1.42. The van der Waals surface area contributed by atoms with Crippen molar-refractivity contribution in [2.24, 2.45) is 65.1 Å². The van der Waals surface area contributed by atoms with Crippen LogP contribution in [-0.2, 0) is 47.4 Å². The molecular weight excluding hydrogens is 725 g/mol. The van der Waals surface area contributed by atoms with Gasteiger partial charge in [-0.2, -0.15) is 0 Å². The maximum atomic E-state index is 7.27. The zero-order chi connectivity index (χ0) is 42.0. The number of ether oxygens (including phenoxy) is 10. The van der Waals surface area contributed by atoms with Crippen LogP contribution in [0.3, 0.4) is 0 Å². The van der Waals surface area contributed by atoms with E-state index in [0.717, 1.165) is 32.1 Å².